The van der Waals surface area contributed by atoms with Gasteiger partial charge in [-0.2, -0.15) is 0 Å². The third-order valence-corrected chi connectivity index (χ3v) is 5.48. The molecule has 0 amide bonds. The maximum atomic E-state index is 11.5. The Labute approximate surface area is 112 Å². The van der Waals surface area contributed by atoms with E-state index in [0.29, 0.717) is 12.8 Å². The van der Waals surface area contributed by atoms with Gasteiger partial charge in [-0.1, -0.05) is 0 Å². The fourth-order valence-electron chi connectivity index (χ4n) is 2.75. The molecule has 0 radical (unpaired) electrons. The van der Waals surface area contributed by atoms with Gasteiger partial charge >= 0.3 is 0 Å². The van der Waals surface area contributed by atoms with Crippen molar-refractivity contribution < 1.29 is 8.42 Å². The molecule has 0 unspecified atom stereocenters. The molecule has 1 fully saturated rings. The van der Waals surface area contributed by atoms with Crippen LogP contribution < -0.4 is 0 Å². The van der Waals surface area contributed by atoms with Crippen LogP contribution in [0.2, 0.25) is 0 Å². The van der Waals surface area contributed by atoms with Crippen molar-refractivity contribution in [1.82, 2.24) is 14.5 Å². The van der Waals surface area contributed by atoms with Crippen LogP contribution in [0.3, 0.4) is 0 Å². The van der Waals surface area contributed by atoms with Gasteiger partial charge in [0.2, 0.25) is 0 Å². The van der Waals surface area contributed by atoms with Gasteiger partial charge in [0.05, 0.1) is 11.5 Å². The quantitative estimate of drug-likeness (QED) is 0.840. The number of fused-ring (bicyclic) bond motifs is 1. The number of aryl methyl sites for hydroxylation is 1. The number of imidazole rings is 1. The summed E-state index contributed by atoms with van der Waals surface area (Å²) < 4.78 is 25.1. The molecule has 0 aromatic carbocycles. The molecular weight excluding hydrogens is 262 g/mol. The van der Waals surface area contributed by atoms with E-state index >= 15 is 0 Å². The predicted octanol–water partition coefficient (Wildman–Crippen LogP) is 1.74. The van der Waals surface area contributed by atoms with Crippen LogP contribution in [0.25, 0.3) is 11.2 Å². The zero-order valence-electron chi connectivity index (χ0n) is 10.9. The van der Waals surface area contributed by atoms with Crippen LogP contribution in [0.4, 0.5) is 0 Å². The first-order valence-corrected chi connectivity index (χ1v) is 8.44. The molecule has 19 heavy (non-hydrogen) atoms. The Morgan fingerprint density at radius 3 is 2.79 bits per heavy atom. The molecule has 0 spiro atoms. The van der Waals surface area contributed by atoms with Gasteiger partial charge < -0.3 is 4.57 Å². The van der Waals surface area contributed by atoms with E-state index in [1.165, 1.54) is 0 Å². The SMILES string of the molecule is CCn1c(C2CCS(=O)(=O)CC2)nc2cccnc21. The number of nitrogens with zero attached hydrogens (tertiary/aromatic N) is 3. The zero-order valence-corrected chi connectivity index (χ0v) is 11.7. The Kier molecular flexibility index (Phi) is 3.05. The van der Waals surface area contributed by atoms with E-state index in [4.69, 9.17) is 0 Å². The van der Waals surface area contributed by atoms with Crippen molar-refractivity contribution in [2.75, 3.05) is 11.5 Å². The molecule has 3 rings (SSSR count). The highest BCUT2D eigenvalue weighted by Gasteiger charge is 2.28. The van der Waals surface area contributed by atoms with E-state index in [2.05, 4.69) is 21.5 Å². The third-order valence-electron chi connectivity index (χ3n) is 3.77. The lowest BCUT2D eigenvalue weighted by Gasteiger charge is -2.22. The average molecular weight is 279 g/mol. The van der Waals surface area contributed by atoms with E-state index in [1.807, 2.05) is 12.1 Å². The van der Waals surface area contributed by atoms with E-state index in [-0.39, 0.29) is 17.4 Å². The highest BCUT2D eigenvalue weighted by atomic mass is 32.2. The second-order valence-corrected chi connectivity index (χ2v) is 7.29. The van der Waals surface area contributed by atoms with E-state index in [9.17, 15) is 8.42 Å². The third kappa shape index (κ3) is 2.25. The summed E-state index contributed by atoms with van der Waals surface area (Å²) in [5.74, 6) is 1.78. The summed E-state index contributed by atoms with van der Waals surface area (Å²) in [5, 5.41) is 0. The molecule has 0 N–H and O–H groups in total. The van der Waals surface area contributed by atoms with Crippen molar-refractivity contribution >= 4 is 21.0 Å². The Morgan fingerprint density at radius 1 is 1.37 bits per heavy atom. The fourth-order valence-corrected chi connectivity index (χ4v) is 4.24. The average Bonchev–Trinajstić information content (AvgIpc) is 2.77. The zero-order chi connectivity index (χ0) is 13.5. The van der Waals surface area contributed by atoms with Crippen molar-refractivity contribution in [2.45, 2.75) is 32.2 Å². The van der Waals surface area contributed by atoms with Crippen molar-refractivity contribution in [3.8, 4) is 0 Å². The lowest BCUT2D eigenvalue weighted by Crippen LogP contribution is -2.24. The molecule has 6 heteroatoms. The van der Waals surface area contributed by atoms with Gasteiger partial charge in [0, 0.05) is 18.7 Å². The van der Waals surface area contributed by atoms with E-state index in [1.54, 1.807) is 6.20 Å². The number of sulfone groups is 1. The molecule has 0 bridgehead atoms. The first-order chi connectivity index (χ1) is 9.11. The molecular formula is C13H17N3O2S. The number of hydrogen-bond acceptors (Lipinski definition) is 4. The number of pyridine rings is 1. The monoisotopic (exact) mass is 279 g/mol. The summed E-state index contributed by atoms with van der Waals surface area (Å²) in [6, 6.07) is 3.84. The smallest absolute Gasteiger partial charge is 0.159 e. The summed E-state index contributed by atoms with van der Waals surface area (Å²) in [6.07, 6.45) is 3.11. The molecule has 1 aliphatic heterocycles. The van der Waals surface area contributed by atoms with Crippen LogP contribution in [-0.2, 0) is 16.4 Å². The highest BCUT2D eigenvalue weighted by molar-refractivity contribution is 7.91. The van der Waals surface area contributed by atoms with E-state index < -0.39 is 9.84 Å². The Balaban J connectivity index is 2.01. The van der Waals surface area contributed by atoms with Gasteiger partial charge in [-0.3, -0.25) is 0 Å². The molecule has 0 atom stereocenters. The molecule has 0 saturated carbocycles. The predicted molar refractivity (Wildman–Crippen MR) is 73.8 cm³/mol. The molecule has 0 aliphatic carbocycles. The van der Waals surface area contributed by atoms with E-state index in [0.717, 1.165) is 23.5 Å². The summed E-state index contributed by atoms with van der Waals surface area (Å²) in [4.78, 5) is 9.04. The standard InChI is InChI=1S/C13H17N3O2S/c1-2-16-12(10-5-8-19(17,18)9-6-10)15-11-4-3-7-14-13(11)16/h3-4,7,10H,2,5-6,8-9H2,1H3. The lowest BCUT2D eigenvalue weighted by molar-refractivity contribution is 0.521. The largest absolute Gasteiger partial charge is 0.313 e. The fraction of sp³-hybridized carbons (Fsp3) is 0.538. The summed E-state index contributed by atoms with van der Waals surface area (Å²) in [7, 11) is -2.83. The minimum Gasteiger partial charge on any atom is -0.313 e. The van der Waals surface area contributed by atoms with Crippen molar-refractivity contribution in [3.05, 3.63) is 24.2 Å². The minimum atomic E-state index is -2.83. The van der Waals surface area contributed by atoms with Crippen LogP contribution in [0.1, 0.15) is 31.5 Å². The van der Waals surface area contributed by atoms with Gasteiger partial charge in [-0.25, -0.2) is 18.4 Å². The van der Waals surface area contributed by atoms with Gasteiger partial charge in [0.15, 0.2) is 5.65 Å². The number of rotatable bonds is 2. The molecule has 1 aliphatic rings. The minimum absolute atomic E-state index is 0.234. The first-order valence-electron chi connectivity index (χ1n) is 6.62. The van der Waals surface area contributed by atoms with Gasteiger partial charge in [0.1, 0.15) is 21.2 Å². The Morgan fingerprint density at radius 2 is 2.11 bits per heavy atom. The molecule has 2 aromatic heterocycles. The van der Waals surface area contributed by atoms with Crippen LogP contribution >= 0.6 is 0 Å². The maximum Gasteiger partial charge on any atom is 0.159 e. The van der Waals surface area contributed by atoms with Crippen molar-refractivity contribution in [1.29, 1.82) is 0 Å². The summed E-state index contributed by atoms with van der Waals surface area (Å²) in [6.45, 7) is 2.88. The van der Waals surface area contributed by atoms with Crippen LogP contribution in [0, 0.1) is 0 Å². The molecule has 102 valence electrons. The van der Waals surface area contributed by atoms with Gasteiger partial charge in [0.25, 0.3) is 0 Å². The Bertz CT molecular complexity index is 692. The normalized spacial score (nSPS) is 19.8. The van der Waals surface area contributed by atoms with Crippen LogP contribution in [0.15, 0.2) is 18.3 Å². The molecule has 1 saturated heterocycles. The second-order valence-electron chi connectivity index (χ2n) is 4.99. The van der Waals surface area contributed by atoms with Crippen molar-refractivity contribution in [3.63, 3.8) is 0 Å². The number of hydrogen-bond donors (Lipinski definition) is 0. The molecule has 2 aromatic rings. The highest BCUT2D eigenvalue weighted by Crippen LogP contribution is 2.30. The lowest BCUT2D eigenvalue weighted by atomic mass is 10.0. The molecule has 5 nitrogen and oxygen atoms in total. The Hall–Kier alpha value is -1.43. The topological polar surface area (TPSA) is 64.8 Å². The maximum absolute atomic E-state index is 11.5. The number of aromatic nitrogens is 3. The van der Waals surface area contributed by atoms with Crippen molar-refractivity contribution in [2.24, 2.45) is 0 Å². The van der Waals surface area contributed by atoms with Gasteiger partial charge in [-0.05, 0) is 31.9 Å². The van der Waals surface area contributed by atoms with Crippen LogP contribution in [-0.4, -0.2) is 34.5 Å². The summed E-state index contributed by atoms with van der Waals surface area (Å²) >= 11 is 0. The second kappa shape index (κ2) is 4.59. The molecule has 3 heterocycles. The van der Waals surface area contributed by atoms with Crippen LogP contribution in [0.5, 0.6) is 0 Å². The van der Waals surface area contributed by atoms with Gasteiger partial charge in [-0.15, -0.1) is 0 Å². The first kappa shape index (κ1) is 12.6. The summed E-state index contributed by atoms with van der Waals surface area (Å²) in [5.41, 5.74) is 1.79.